The van der Waals surface area contributed by atoms with E-state index in [9.17, 15) is 4.79 Å². The zero-order chi connectivity index (χ0) is 8.43. The molecule has 0 amide bonds. The summed E-state index contributed by atoms with van der Waals surface area (Å²) in [6.45, 7) is 0. The monoisotopic (exact) mass is 208 g/mol. The minimum atomic E-state index is -1.15. The molecule has 0 aliphatic heterocycles. The van der Waals surface area contributed by atoms with Crippen LogP contribution in [0.25, 0.3) is 0 Å². The average molecular weight is 209 g/mol. The molecular weight excluding hydrogens is 203 g/mol. The summed E-state index contributed by atoms with van der Waals surface area (Å²) in [6, 6.07) is 1.35. The minimum Gasteiger partial charge on any atom is -0.476 e. The Morgan fingerprint density at radius 1 is 1.67 bits per heavy atom. The molecule has 6 heteroatoms. The Hall–Kier alpha value is -1.00. The van der Waals surface area contributed by atoms with Gasteiger partial charge in [-0.05, 0) is 6.07 Å². The van der Waals surface area contributed by atoms with E-state index >= 15 is 0 Å². The van der Waals surface area contributed by atoms with E-state index in [4.69, 9.17) is 22.4 Å². The van der Waals surface area contributed by atoms with E-state index in [-0.39, 0.29) is 23.8 Å². The van der Waals surface area contributed by atoms with Crippen LogP contribution in [0.15, 0.2) is 12.3 Å². The number of nitrogen functional groups attached to an aromatic ring is 1. The number of hydrogen-bond donors (Lipinski definition) is 2. The Labute approximate surface area is 79.8 Å². The van der Waals surface area contributed by atoms with Crippen LogP contribution < -0.4 is 5.73 Å². The molecule has 66 valence electrons. The van der Waals surface area contributed by atoms with Crippen molar-refractivity contribution in [2.75, 3.05) is 5.73 Å². The highest BCUT2D eigenvalue weighted by atomic mass is 35.5. The van der Waals surface area contributed by atoms with Gasteiger partial charge in [0.05, 0.1) is 10.7 Å². The van der Waals surface area contributed by atoms with Crippen molar-refractivity contribution in [3.8, 4) is 0 Å². The van der Waals surface area contributed by atoms with Crippen LogP contribution in [-0.4, -0.2) is 16.1 Å². The number of aromatic carboxylic acids is 1. The Bertz CT molecular complexity index is 304. The largest absolute Gasteiger partial charge is 0.476 e. The molecule has 0 aliphatic rings. The first-order valence-electron chi connectivity index (χ1n) is 2.75. The highest BCUT2D eigenvalue weighted by Crippen LogP contribution is 2.14. The molecule has 0 aliphatic carbocycles. The van der Waals surface area contributed by atoms with Crippen LogP contribution in [0.1, 0.15) is 10.5 Å². The number of nitrogens with zero attached hydrogens (tertiary/aromatic N) is 1. The predicted octanol–water partition coefficient (Wildman–Crippen LogP) is 1.44. The van der Waals surface area contributed by atoms with Crippen LogP contribution in [0.2, 0.25) is 5.02 Å². The molecule has 1 aromatic heterocycles. The molecule has 0 bridgehead atoms. The number of carboxylic acid groups (broad SMARTS) is 1. The molecule has 0 spiro atoms. The Morgan fingerprint density at radius 2 is 2.25 bits per heavy atom. The predicted molar refractivity (Wildman–Crippen MR) is 47.9 cm³/mol. The summed E-state index contributed by atoms with van der Waals surface area (Å²) in [5.41, 5.74) is 5.20. The minimum absolute atomic E-state index is 0. The maximum absolute atomic E-state index is 10.3. The maximum Gasteiger partial charge on any atom is 0.356 e. The van der Waals surface area contributed by atoms with Gasteiger partial charge >= 0.3 is 5.97 Å². The molecule has 12 heavy (non-hydrogen) atoms. The number of nitrogens with two attached hydrogens (primary N) is 1. The van der Waals surface area contributed by atoms with Gasteiger partial charge in [0, 0.05) is 6.20 Å². The molecule has 3 N–H and O–H groups in total. The van der Waals surface area contributed by atoms with Gasteiger partial charge in [0.2, 0.25) is 0 Å². The first kappa shape index (κ1) is 11.0. The van der Waals surface area contributed by atoms with Crippen molar-refractivity contribution >= 4 is 35.7 Å². The molecule has 0 saturated carbocycles. The van der Waals surface area contributed by atoms with Gasteiger partial charge in [0.15, 0.2) is 5.69 Å². The molecule has 0 atom stereocenters. The molecule has 0 saturated heterocycles. The Kier molecular flexibility index (Phi) is 3.79. The number of hydrogen-bond acceptors (Lipinski definition) is 3. The molecule has 0 radical (unpaired) electrons. The zero-order valence-corrected chi connectivity index (χ0v) is 7.39. The number of anilines is 1. The number of rotatable bonds is 1. The molecular formula is C6H6Cl2N2O2. The second-order valence-corrected chi connectivity index (χ2v) is 2.33. The highest BCUT2D eigenvalue weighted by Gasteiger charge is 2.08. The number of aromatic nitrogens is 1. The number of carboxylic acids is 1. The van der Waals surface area contributed by atoms with E-state index < -0.39 is 5.97 Å². The molecule has 1 aromatic rings. The van der Waals surface area contributed by atoms with E-state index in [1.807, 2.05) is 0 Å². The SMILES string of the molecule is Cl.Nc1cc(Cl)cnc1C(=O)O. The standard InChI is InChI=1S/C6H5ClN2O2.ClH/c7-3-1-4(8)5(6(10)11)9-2-3;/h1-2H,8H2,(H,10,11);1H. The maximum atomic E-state index is 10.3. The van der Waals surface area contributed by atoms with E-state index in [1.165, 1.54) is 12.3 Å². The zero-order valence-electron chi connectivity index (χ0n) is 5.82. The van der Waals surface area contributed by atoms with Gasteiger partial charge in [-0.2, -0.15) is 0 Å². The number of halogens is 2. The summed E-state index contributed by atoms with van der Waals surface area (Å²) < 4.78 is 0. The lowest BCUT2D eigenvalue weighted by Gasteiger charge is -1.97. The second-order valence-electron chi connectivity index (χ2n) is 1.90. The van der Waals surface area contributed by atoms with Gasteiger partial charge in [0.1, 0.15) is 0 Å². The first-order chi connectivity index (χ1) is 5.11. The van der Waals surface area contributed by atoms with Crippen LogP contribution in [0.4, 0.5) is 5.69 Å². The normalized spacial score (nSPS) is 8.75. The van der Waals surface area contributed by atoms with Crippen molar-refractivity contribution in [1.29, 1.82) is 0 Å². The summed E-state index contributed by atoms with van der Waals surface area (Å²) in [5, 5.41) is 8.80. The number of pyridine rings is 1. The summed E-state index contributed by atoms with van der Waals surface area (Å²) in [7, 11) is 0. The smallest absolute Gasteiger partial charge is 0.356 e. The van der Waals surface area contributed by atoms with E-state index in [1.54, 1.807) is 0 Å². The van der Waals surface area contributed by atoms with Crippen molar-refractivity contribution in [2.45, 2.75) is 0 Å². The fourth-order valence-corrected chi connectivity index (χ4v) is 0.800. The van der Waals surface area contributed by atoms with Crippen LogP contribution >= 0.6 is 24.0 Å². The van der Waals surface area contributed by atoms with Crippen LogP contribution in [0.5, 0.6) is 0 Å². The van der Waals surface area contributed by atoms with Crippen molar-refractivity contribution in [1.82, 2.24) is 4.98 Å². The van der Waals surface area contributed by atoms with Crippen molar-refractivity contribution in [3.05, 3.63) is 23.0 Å². The third-order valence-electron chi connectivity index (χ3n) is 1.09. The van der Waals surface area contributed by atoms with Gasteiger partial charge in [0.25, 0.3) is 0 Å². The van der Waals surface area contributed by atoms with Gasteiger partial charge < -0.3 is 10.8 Å². The van der Waals surface area contributed by atoms with Crippen LogP contribution in [0, 0.1) is 0 Å². The molecule has 1 rings (SSSR count). The van der Waals surface area contributed by atoms with E-state index in [2.05, 4.69) is 4.98 Å². The Morgan fingerprint density at radius 3 is 2.67 bits per heavy atom. The van der Waals surface area contributed by atoms with Crippen LogP contribution in [0.3, 0.4) is 0 Å². The molecule has 4 nitrogen and oxygen atoms in total. The lowest BCUT2D eigenvalue weighted by Crippen LogP contribution is -2.04. The van der Waals surface area contributed by atoms with Gasteiger partial charge in [-0.1, -0.05) is 11.6 Å². The van der Waals surface area contributed by atoms with Crippen molar-refractivity contribution < 1.29 is 9.90 Å². The highest BCUT2D eigenvalue weighted by molar-refractivity contribution is 6.30. The molecule has 0 unspecified atom stereocenters. The average Bonchev–Trinajstić information content (AvgIpc) is 1.85. The summed E-state index contributed by atoms with van der Waals surface area (Å²) in [4.78, 5) is 13.9. The molecule has 1 heterocycles. The van der Waals surface area contributed by atoms with E-state index in [0.717, 1.165) is 0 Å². The molecule has 0 fully saturated rings. The fraction of sp³-hybridized carbons (Fsp3) is 0. The van der Waals surface area contributed by atoms with E-state index in [0.29, 0.717) is 5.02 Å². The van der Waals surface area contributed by atoms with Crippen molar-refractivity contribution in [3.63, 3.8) is 0 Å². The third kappa shape index (κ3) is 2.25. The topological polar surface area (TPSA) is 76.2 Å². The van der Waals surface area contributed by atoms with Crippen LogP contribution in [-0.2, 0) is 0 Å². The Balaban J connectivity index is 0.00000121. The first-order valence-corrected chi connectivity index (χ1v) is 3.13. The third-order valence-corrected chi connectivity index (χ3v) is 1.29. The fourth-order valence-electron chi connectivity index (χ4n) is 0.634. The molecule has 0 aromatic carbocycles. The second kappa shape index (κ2) is 4.13. The summed E-state index contributed by atoms with van der Waals surface area (Å²) >= 11 is 5.49. The summed E-state index contributed by atoms with van der Waals surface area (Å²) in [5.74, 6) is -1.15. The quantitative estimate of drug-likeness (QED) is 0.733. The van der Waals surface area contributed by atoms with Gasteiger partial charge in [-0.25, -0.2) is 9.78 Å². The lowest BCUT2D eigenvalue weighted by molar-refractivity contribution is 0.0692. The van der Waals surface area contributed by atoms with Crippen molar-refractivity contribution in [2.24, 2.45) is 0 Å². The lowest BCUT2D eigenvalue weighted by atomic mass is 10.3. The van der Waals surface area contributed by atoms with Gasteiger partial charge in [-0.3, -0.25) is 0 Å². The van der Waals surface area contributed by atoms with Gasteiger partial charge in [-0.15, -0.1) is 12.4 Å². The summed E-state index contributed by atoms with van der Waals surface area (Å²) in [6.07, 6.45) is 1.24. The number of carbonyl (C=O) groups is 1.